The molecular formula is C24H20ClN3O3. The van der Waals surface area contributed by atoms with Gasteiger partial charge in [0.05, 0.1) is 0 Å². The Morgan fingerprint density at radius 3 is 2.16 bits per heavy atom. The zero-order valence-corrected chi connectivity index (χ0v) is 17.3. The summed E-state index contributed by atoms with van der Waals surface area (Å²) in [7, 11) is 0. The largest absolute Gasteiger partial charge is 0.325 e. The van der Waals surface area contributed by atoms with Crippen molar-refractivity contribution in [3.8, 4) is 0 Å². The van der Waals surface area contributed by atoms with Gasteiger partial charge in [0, 0.05) is 17.1 Å². The van der Waals surface area contributed by atoms with E-state index in [0.717, 1.165) is 10.5 Å². The molecule has 1 aliphatic rings. The molecule has 1 aliphatic heterocycles. The van der Waals surface area contributed by atoms with E-state index in [1.165, 1.54) is 0 Å². The normalized spacial score (nSPS) is 18.0. The van der Waals surface area contributed by atoms with E-state index in [-0.39, 0.29) is 6.42 Å². The molecule has 31 heavy (non-hydrogen) atoms. The number of carbonyl (C=O) groups excluding carboxylic acids is 3. The van der Waals surface area contributed by atoms with Gasteiger partial charge in [0.2, 0.25) is 5.91 Å². The molecule has 2 N–H and O–H groups in total. The fraction of sp³-hybridized carbons (Fsp3) is 0.125. The van der Waals surface area contributed by atoms with Crippen molar-refractivity contribution in [2.45, 2.75) is 12.0 Å². The maximum absolute atomic E-state index is 13.5. The molecule has 1 unspecified atom stereocenters. The molecule has 1 heterocycles. The topological polar surface area (TPSA) is 78.5 Å². The van der Waals surface area contributed by atoms with Crippen LogP contribution in [0.15, 0.2) is 84.9 Å². The fourth-order valence-corrected chi connectivity index (χ4v) is 3.82. The van der Waals surface area contributed by atoms with Crippen LogP contribution >= 0.6 is 11.6 Å². The van der Waals surface area contributed by atoms with E-state index in [4.69, 9.17) is 11.6 Å². The van der Waals surface area contributed by atoms with Crippen LogP contribution in [0.1, 0.15) is 11.1 Å². The third kappa shape index (κ3) is 4.29. The third-order valence-corrected chi connectivity index (χ3v) is 5.44. The predicted molar refractivity (Wildman–Crippen MR) is 119 cm³/mol. The highest BCUT2D eigenvalue weighted by molar-refractivity contribution is 6.30. The summed E-state index contributed by atoms with van der Waals surface area (Å²) < 4.78 is 0. The summed E-state index contributed by atoms with van der Waals surface area (Å²) in [5.41, 5.74) is 0.811. The fourth-order valence-electron chi connectivity index (χ4n) is 3.69. The molecule has 0 radical (unpaired) electrons. The standard InChI is InChI=1S/C24H20ClN3O3/c25-19-11-13-20(14-12-19)26-21(29)16-28-22(30)24(27-23(28)31,18-9-5-2-6-10-18)15-17-7-3-1-4-8-17/h1-14H,15-16H2,(H,26,29)(H,27,31). The van der Waals surface area contributed by atoms with Gasteiger partial charge in [-0.1, -0.05) is 72.3 Å². The molecular weight excluding hydrogens is 414 g/mol. The lowest BCUT2D eigenvalue weighted by molar-refractivity contribution is -0.134. The number of benzene rings is 3. The van der Waals surface area contributed by atoms with E-state index < -0.39 is 29.9 Å². The van der Waals surface area contributed by atoms with Crippen molar-refractivity contribution >= 4 is 35.1 Å². The molecule has 3 aromatic rings. The van der Waals surface area contributed by atoms with E-state index >= 15 is 0 Å². The van der Waals surface area contributed by atoms with E-state index in [1.807, 2.05) is 48.5 Å². The minimum absolute atomic E-state index is 0.276. The number of hydrogen-bond acceptors (Lipinski definition) is 3. The Hall–Kier alpha value is -3.64. The molecule has 0 saturated carbocycles. The second-order valence-electron chi connectivity index (χ2n) is 7.31. The molecule has 3 aromatic carbocycles. The molecule has 1 fully saturated rings. The molecule has 0 bridgehead atoms. The first-order valence-electron chi connectivity index (χ1n) is 9.77. The van der Waals surface area contributed by atoms with Crippen molar-refractivity contribution in [2.75, 3.05) is 11.9 Å². The van der Waals surface area contributed by atoms with Crippen molar-refractivity contribution in [1.82, 2.24) is 10.2 Å². The second kappa shape index (κ2) is 8.62. The van der Waals surface area contributed by atoms with Crippen LogP contribution in [-0.4, -0.2) is 29.3 Å². The van der Waals surface area contributed by atoms with Crippen LogP contribution in [0, 0.1) is 0 Å². The van der Waals surface area contributed by atoms with Crippen molar-refractivity contribution in [3.63, 3.8) is 0 Å². The molecule has 156 valence electrons. The summed E-state index contributed by atoms with van der Waals surface area (Å²) in [5.74, 6) is -0.937. The van der Waals surface area contributed by atoms with Gasteiger partial charge in [-0.2, -0.15) is 0 Å². The van der Waals surface area contributed by atoms with Gasteiger partial charge >= 0.3 is 6.03 Å². The molecule has 1 atom stereocenters. The lowest BCUT2D eigenvalue weighted by Gasteiger charge is -2.27. The maximum atomic E-state index is 13.5. The van der Waals surface area contributed by atoms with Gasteiger partial charge < -0.3 is 10.6 Å². The maximum Gasteiger partial charge on any atom is 0.325 e. The first-order valence-corrected chi connectivity index (χ1v) is 10.1. The number of hydrogen-bond donors (Lipinski definition) is 2. The number of urea groups is 1. The zero-order chi connectivity index (χ0) is 21.8. The Balaban J connectivity index is 1.59. The summed E-state index contributed by atoms with van der Waals surface area (Å²) >= 11 is 5.86. The minimum Gasteiger partial charge on any atom is -0.325 e. The zero-order valence-electron chi connectivity index (χ0n) is 16.5. The van der Waals surface area contributed by atoms with E-state index in [1.54, 1.807) is 36.4 Å². The monoisotopic (exact) mass is 433 g/mol. The molecule has 0 aromatic heterocycles. The van der Waals surface area contributed by atoms with Crippen molar-refractivity contribution in [3.05, 3.63) is 101 Å². The number of anilines is 1. The van der Waals surface area contributed by atoms with Crippen LogP contribution in [0.25, 0.3) is 0 Å². The van der Waals surface area contributed by atoms with Crippen molar-refractivity contribution in [2.24, 2.45) is 0 Å². The molecule has 1 saturated heterocycles. The van der Waals surface area contributed by atoms with Crippen molar-refractivity contribution < 1.29 is 14.4 Å². The summed E-state index contributed by atoms with van der Waals surface area (Å²) in [6, 6.07) is 24.5. The Kier molecular flexibility index (Phi) is 5.73. The number of nitrogens with zero attached hydrogens (tertiary/aromatic N) is 1. The average Bonchev–Trinajstić information content (AvgIpc) is 3.01. The molecule has 4 amide bonds. The summed E-state index contributed by atoms with van der Waals surface area (Å²) in [6.07, 6.45) is 0.276. The van der Waals surface area contributed by atoms with Crippen LogP contribution in [0.3, 0.4) is 0 Å². The first kappa shape index (κ1) is 20.6. The lowest BCUT2D eigenvalue weighted by Crippen LogP contribution is -2.46. The van der Waals surface area contributed by atoms with Crippen molar-refractivity contribution in [1.29, 1.82) is 0 Å². The van der Waals surface area contributed by atoms with Gasteiger partial charge in [-0.15, -0.1) is 0 Å². The highest BCUT2D eigenvalue weighted by atomic mass is 35.5. The van der Waals surface area contributed by atoms with Crippen LogP contribution < -0.4 is 10.6 Å². The Bertz CT molecular complexity index is 1100. The number of carbonyl (C=O) groups is 3. The smallest absolute Gasteiger partial charge is 0.325 e. The van der Waals surface area contributed by atoms with E-state index in [0.29, 0.717) is 16.3 Å². The quantitative estimate of drug-likeness (QED) is 0.577. The van der Waals surface area contributed by atoms with Gasteiger partial charge in [0.15, 0.2) is 5.54 Å². The second-order valence-corrected chi connectivity index (χ2v) is 7.75. The van der Waals surface area contributed by atoms with E-state index in [2.05, 4.69) is 10.6 Å². The Morgan fingerprint density at radius 2 is 1.52 bits per heavy atom. The van der Waals surface area contributed by atoms with Gasteiger partial charge in [-0.05, 0) is 35.4 Å². The summed E-state index contributed by atoms with van der Waals surface area (Å²) in [6.45, 7) is -0.392. The predicted octanol–water partition coefficient (Wildman–Crippen LogP) is 3.97. The van der Waals surface area contributed by atoms with Gasteiger partial charge in [0.25, 0.3) is 5.91 Å². The number of amides is 4. The molecule has 4 rings (SSSR count). The minimum atomic E-state index is -1.28. The number of nitrogens with one attached hydrogen (secondary N) is 2. The number of imide groups is 1. The Morgan fingerprint density at radius 1 is 0.903 bits per heavy atom. The van der Waals surface area contributed by atoms with Gasteiger partial charge in [-0.3, -0.25) is 14.5 Å². The van der Waals surface area contributed by atoms with Crippen LogP contribution in [-0.2, 0) is 21.5 Å². The lowest BCUT2D eigenvalue weighted by atomic mass is 9.83. The average molecular weight is 434 g/mol. The highest BCUT2D eigenvalue weighted by Crippen LogP contribution is 2.33. The van der Waals surface area contributed by atoms with Crippen LogP contribution in [0.5, 0.6) is 0 Å². The first-order chi connectivity index (χ1) is 15.0. The summed E-state index contributed by atoms with van der Waals surface area (Å²) in [4.78, 5) is 39.8. The molecule has 0 aliphatic carbocycles. The Labute approximate surface area is 184 Å². The number of halogens is 1. The number of rotatable bonds is 6. The van der Waals surface area contributed by atoms with Gasteiger partial charge in [-0.25, -0.2) is 4.79 Å². The van der Waals surface area contributed by atoms with E-state index in [9.17, 15) is 14.4 Å². The van der Waals surface area contributed by atoms with Crippen LogP contribution in [0.2, 0.25) is 5.02 Å². The third-order valence-electron chi connectivity index (χ3n) is 5.18. The molecule has 6 nitrogen and oxygen atoms in total. The highest BCUT2D eigenvalue weighted by Gasteiger charge is 2.52. The SMILES string of the molecule is O=C(CN1C(=O)NC(Cc2ccccc2)(c2ccccc2)C1=O)Nc1ccc(Cl)cc1. The van der Waals surface area contributed by atoms with Crippen LogP contribution in [0.4, 0.5) is 10.5 Å². The molecule has 0 spiro atoms. The summed E-state index contributed by atoms with van der Waals surface area (Å²) in [5, 5.41) is 6.07. The molecule has 7 heteroatoms. The van der Waals surface area contributed by atoms with Gasteiger partial charge in [0.1, 0.15) is 6.54 Å².